The van der Waals surface area contributed by atoms with Crippen molar-refractivity contribution in [1.29, 1.82) is 0 Å². The van der Waals surface area contributed by atoms with Crippen LogP contribution in [0.1, 0.15) is 18.2 Å². The van der Waals surface area contributed by atoms with Gasteiger partial charge >= 0.3 is 0 Å². The molecule has 4 heteroatoms. The molecule has 84 valence electrons. The Morgan fingerprint density at radius 2 is 2.19 bits per heavy atom. The minimum absolute atomic E-state index is 0.292. The van der Waals surface area contributed by atoms with Crippen LogP contribution in [-0.4, -0.2) is 9.78 Å². The molecule has 0 radical (unpaired) electrons. The standard InChI is InChI=1S/C12H12ClFN2/c1-3-11-8(2)12(13)16(15-11)10-6-4-5-9(14)7-10/h4-7H,3H2,1-2H3. The third-order valence-electron chi connectivity index (χ3n) is 2.54. The number of hydrogen-bond acceptors (Lipinski definition) is 1. The predicted molar refractivity (Wildman–Crippen MR) is 62.6 cm³/mol. The number of aryl methyl sites for hydroxylation is 1. The summed E-state index contributed by atoms with van der Waals surface area (Å²) >= 11 is 6.16. The van der Waals surface area contributed by atoms with Gasteiger partial charge in [-0.15, -0.1) is 0 Å². The molecule has 2 aromatic rings. The van der Waals surface area contributed by atoms with E-state index in [4.69, 9.17) is 11.6 Å². The number of rotatable bonds is 2. The van der Waals surface area contributed by atoms with E-state index in [-0.39, 0.29) is 5.82 Å². The Kier molecular flexibility index (Phi) is 2.97. The second kappa shape index (κ2) is 4.26. The lowest BCUT2D eigenvalue weighted by atomic mass is 10.2. The van der Waals surface area contributed by atoms with Gasteiger partial charge in [-0.3, -0.25) is 0 Å². The van der Waals surface area contributed by atoms with E-state index in [1.165, 1.54) is 12.1 Å². The highest BCUT2D eigenvalue weighted by Crippen LogP contribution is 2.23. The fourth-order valence-electron chi connectivity index (χ4n) is 1.63. The monoisotopic (exact) mass is 238 g/mol. The van der Waals surface area contributed by atoms with E-state index < -0.39 is 0 Å². The lowest BCUT2D eigenvalue weighted by Gasteiger charge is -2.02. The van der Waals surface area contributed by atoms with Gasteiger partial charge in [0.05, 0.1) is 11.4 Å². The van der Waals surface area contributed by atoms with Crippen molar-refractivity contribution >= 4 is 11.6 Å². The molecule has 0 bridgehead atoms. The quantitative estimate of drug-likeness (QED) is 0.783. The van der Waals surface area contributed by atoms with Gasteiger partial charge in [0.1, 0.15) is 11.0 Å². The average Bonchev–Trinajstić information content (AvgIpc) is 2.56. The lowest BCUT2D eigenvalue weighted by Crippen LogP contribution is -1.97. The van der Waals surface area contributed by atoms with Gasteiger partial charge in [-0.25, -0.2) is 9.07 Å². The smallest absolute Gasteiger partial charge is 0.136 e. The molecule has 16 heavy (non-hydrogen) atoms. The van der Waals surface area contributed by atoms with Crippen molar-refractivity contribution in [2.45, 2.75) is 20.3 Å². The summed E-state index contributed by atoms with van der Waals surface area (Å²) in [5, 5.41) is 4.90. The molecule has 2 nitrogen and oxygen atoms in total. The Morgan fingerprint density at radius 3 is 2.75 bits per heavy atom. The molecular weight excluding hydrogens is 227 g/mol. The maximum absolute atomic E-state index is 13.1. The van der Waals surface area contributed by atoms with Crippen molar-refractivity contribution in [3.8, 4) is 5.69 Å². The van der Waals surface area contributed by atoms with Gasteiger partial charge in [0, 0.05) is 5.56 Å². The van der Waals surface area contributed by atoms with Gasteiger partial charge in [-0.2, -0.15) is 5.10 Å². The van der Waals surface area contributed by atoms with E-state index in [9.17, 15) is 4.39 Å². The molecule has 0 unspecified atom stereocenters. The number of benzene rings is 1. The first kappa shape index (κ1) is 11.1. The summed E-state index contributed by atoms with van der Waals surface area (Å²) in [6.07, 6.45) is 0.813. The van der Waals surface area contributed by atoms with Crippen molar-refractivity contribution in [2.75, 3.05) is 0 Å². The normalized spacial score (nSPS) is 10.8. The molecule has 0 aliphatic carbocycles. The summed E-state index contributed by atoms with van der Waals surface area (Å²) in [5.74, 6) is -0.292. The molecule has 0 aliphatic heterocycles. The third kappa shape index (κ3) is 1.83. The van der Waals surface area contributed by atoms with Crippen LogP contribution in [0.15, 0.2) is 24.3 Å². The fraction of sp³-hybridized carbons (Fsp3) is 0.250. The van der Waals surface area contributed by atoms with E-state index in [0.29, 0.717) is 10.8 Å². The summed E-state index contributed by atoms with van der Waals surface area (Å²) in [7, 11) is 0. The van der Waals surface area contributed by atoms with Crippen molar-refractivity contribution in [3.63, 3.8) is 0 Å². The fourth-order valence-corrected chi connectivity index (χ4v) is 1.88. The summed E-state index contributed by atoms with van der Waals surface area (Å²) in [5.41, 5.74) is 2.54. The second-order valence-corrected chi connectivity index (χ2v) is 3.97. The molecule has 0 fully saturated rings. The second-order valence-electron chi connectivity index (χ2n) is 3.61. The maximum atomic E-state index is 13.1. The summed E-state index contributed by atoms with van der Waals surface area (Å²) in [6, 6.07) is 6.23. The zero-order valence-corrected chi connectivity index (χ0v) is 9.92. The predicted octanol–water partition coefficient (Wildman–Crippen LogP) is 3.54. The Labute approximate surface area is 98.7 Å². The van der Waals surface area contributed by atoms with Crippen molar-refractivity contribution < 1.29 is 4.39 Å². The van der Waals surface area contributed by atoms with Gasteiger partial charge in [0.25, 0.3) is 0 Å². The number of nitrogens with zero attached hydrogens (tertiary/aromatic N) is 2. The first-order chi connectivity index (χ1) is 7.63. The number of halogens is 2. The van der Waals surface area contributed by atoms with Crippen LogP contribution >= 0.6 is 11.6 Å². The maximum Gasteiger partial charge on any atom is 0.136 e. The Balaban J connectivity index is 2.56. The van der Waals surface area contributed by atoms with E-state index in [1.54, 1.807) is 16.8 Å². The summed E-state index contributed by atoms with van der Waals surface area (Å²) in [4.78, 5) is 0. The third-order valence-corrected chi connectivity index (χ3v) is 2.98. The van der Waals surface area contributed by atoms with Crippen LogP contribution < -0.4 is 0 Å². The molecule has 1 heterocycles. The van der Waals surface area contributed by atoms with Gasteiger partial charge in [-0.1, -0.05) is 24.6 Å². The SMILES string of the molecule is CCc1nn(-c2cccc(F)c2)c(Cl)c1C. The molecule has 0 aliphatic rings. The number of hydrogen-bond donors (Lipinski definition) is 0. The van der Waals surface area contributed by atoms with Crippen LogP contribution in [0.4, 0.5) is 4.39 Å². The average molecular weight is 239 g/mol. The topological polar surface area (TPSA) is 17.8 Å². The van der Waals surface area contributed by atoms with E-state index in [0.717, 1.165) is 17.7 Å². The molecule has 0 saturated carbocycles. The first-order valence-corrected chi connectivity index (χ1v) is 5.51. The minimum atomic E-state index is -0.292. The van der Waals surface area contributed by atoms with Gasteiger partial charge in [-0.05, 0) is 31.5 Å². The molecule has 0 amide bonds. The highest BCUT2D eigenvalue weighted by atomic mass is 35.5. The minimum Gasteiger partial charge on any atom is -0.222 e. The van der Waals surface area contributed by atoms with Crippen molar-refractivity contribution in [3.05, 3.63) is 46.5 Å². The van der Waals surface area contributed by atoms with Crippen LogP contribution in [0.3, 0.4) is 0 Å². The first-order valence-electron chi connectivity index (χ1n) is 5.13. The largest absolute Gasteiger partial charge is 0.222 e. The Morgan fingerprint density at radius 1 is 1.44 bits per heavy atom. The highest BCUT2D eigenvalue weighted by Gasteiger charge is 2.12. The van der Waals surface area contributed by atoms with E-state index >= 15 is 0 Å². The summed E-state index contributed by atoms with van der Waals surface area (Å²) in [6.45, 7) is 3.94. The zero-order valence-electron chi connectivity index (χ0n) is 9.17. The molecule has 0 saturated heterocycles. The van der Waals surface area contributed by atoms with Crippen LogP contribution in [0.5, 0.6) is 0 Å². The lowest BCUT2D eigenvalue weighted by molar-refractivity contribution is 0.625. The molecule has 0 spiro atoms. The van der Waals surface area contributed by atoms with E-state index in [1.807, 2.05) is 13.8 Å². The van der Waals surface area contributed by atoms with Gasteiger partial charge in [0.2, 0.25) is 0 Å². The molecule has 2 rings (SSSR count). The van der Waals surface area contributed by atoms with Crippen LogP contribution in [0, 0.1) is 12.7 Å². The van der Waals surface area contributed by atoms with Gasteiger partial charge < -0.3 is 0 Å². The Hall–Kier alpha value is -1.35. The highest BCUT2D eigenvalue weighted by molar-refractivity contribution is 6.30. The van der Waals surface area contributed by atoms with Crippen LogP contribution in [0.2, 0.25) is 5.15 Å². The molecular formula is C12H12ClFN2. The van der Waals surface area contributed by atoms with Gasteiger partial charge in [0.15, 0.2) is 0 Å². The van der Waals surface area contributed by atoms with Crippen molar-refractivity contribution in [2.24, 2.45) is 0 Å². The molecule has 0 N–H and O–H groups in total. The van der Waals surface area contributed by atoms with Crippen LogP contribution in [0.25, 0.3) is 5.69 Å². The Bertz CT molecular complexity index is 520. The summed E-state index contributed by atoms with van der Waals surface area (Å²) < 4.78 is 14.7. The molecule has 0 atom stereocenters. The van der Waals surface area contributed by atoms with Crippen molar-refractivity contribution in [1.82, 2.24) is 9.78 Å². The molecule has 1 aromatic carbocycles. The number of aromatic nitrogens is 2. The van der Waals surface area contributed by atoms with E-state index in [2.05, 4.69) is 5.10 Å². The zero-order chi connectivity index (χ0) is 11.7. The molecule has 1 aromatic heterocycles. The van der Waals surface area contributed by atoms with Crippen LogP contribution in [-0.2, 0) is 6.42 Å².